The maximum Gasteiger partial charge on any atom is 0.227 e. The summed E-state index contributed by atoms with van der Waals surface area (Å²) in [6.45, 7) is 6.88. The van der Waals surface area contributed by atoms with E-state index in [0.29, 0.717) is 49.5 Å². The van der Waals surface area contributed by atoms with Crippen molar-refractivity contribution in [1.29, 1.82) is 0 Å². The van der Waals surface area contributed by atoms with E-state index in [1.807, 2.05) is 18.7 Å². The van der Waals surface area contributed by atoms with Crippen LogP contribution < -0.4 is 5.32 Å². The molecule has 1 N–H and O–H groups in total. The van der Waals surface area contributed by atoms with Crippen LogP contribution in [-0.2, 0) is 9.59 Å². The van der Waals surface area contributed by atoms with Gasteiger partial charge in [-0.15, -0.1) is 0 Å². The minimum atomic E-state index is -0.0689. The van der Waals surface area contributed by atoms with Gasteiger partial charge in [0.1, 0.15) is 0 Å². The van der Waals surface area contributed by atoms with E-state index in [0.717, 1.165) is 0 Å². The number of hydrogen-bond acceptors (Lipinski definition) is 3. The molecule has 5 heteroatoms. The Balaban J connectivity index is 1.84. The maximum absolute atomic E-state index is 12.4. The third kappa shape index (κ3) is 4.91. The molecular formula is C19H26N2O3. The van der Waals surface area contributed by atoms with Crippen molar-refractivity contribution in [3.8, 4) is 0 Å². The molecule has 5 nitrogen and oxygen atoms in total. The highest BCUT2D eigenvalue weighted by atomic mass is 16.2. The van der Waals surface area contributed by atoms with Gasteiger partial charge < -0.3 is 10.2 Å². The van der Waals surface area contributed by atoms with Gasteiger partial charge in [0.25, 0.3) is 0 Å². The molecule has 130 valence electrons. The van der Waals surface area contributed by atoms with Gasteiger partial charge in [-0.3, -0.25) is 14.4 Å². The molecule has 1 aliphatic heterocycles. The fourth-order valence-corrected chi connectivity index (χ4v) is 2.90. The van der Waals surface area contributed by atoms with Crippen molar-refractivity contribution >= 4 is 23.3 Å². The maximum atomic E-state index is 12.4. The highest BCUT2D eigenvalue weighted by molar-refractivity contribution is 5.96. The Morgan fingerprint density at radius 3 is 2.21 bits per heavy atom. The van der Waals surface area contributed by atoms with E-state index in [1.54, 1.807) is 24.3 Å². The molecule has 2 amide bonds. The summed E-state index contributed by atoms with van der Waals surface area (Å²) in [4.78, 5) is 37.5. The van der Waals surface area contributed by atoms with E-state index < -0.39 is 0 Å². The van der Waals surface area contributed by atoms with Crippen LogP contribution in [0.1, 0.15) is 50.4 Å². The van der Waals surface area contributed by atoms with Gasteiger partial charge in [-0.05, 0) is 49.9 Å². The van der Waals surface area contributed by atoms with Crippen LogP contribution in [0, 0.1) is 11.8 Å². The third-order valence-electron chi connectivity index (χ3n) is 4.36. The van der Waals surface area contributed by atoms with Crippen LogP contribution in [0.2, 0.25) is 0 Å². The zero-order chi connectivity index (χ0) is 17.7. The number of likely N-dealkylation sites (tertiary alicyclic amines) is 1. The highest BCUT2D eigenvalue weighted by Gasteiger charge is 2.27. The Bertz CT molecular complexity index is 600. The SMILES string of the molecule is CC(=O)c1ccc(NC(=O)C2CCN(C(=O)CC(C)C)CC2)cc1. The number of piperidine rings is 1. The van der Waals surface area contributed by atoms with Crippen molar-refractivity contribution in [2.75, 3.05) is 18.4 Å². The van der Waals surface area contributed by atoms with Crippen molar-refractivity contribution in [2.45, 2.75) is 40.0 Å². The number of rotatable bonds is 5. The first-order valence-corrected chi connectivity index (χ1v) is 8.56. The summed E-state index contributed by atoms with van der Waals surface area (Å²) >= 11 is 0. The molecule has 0 radical (unpaired) electrons. The molecule has 0 spiro atoms. The first kappa shape index (κ1) is 18.2. The Kier molecular flexibility index (Phi) is 6.12. The van der Waals surface area contributed by atoms with Crippen molar-refractivity contribution in [3.05, 3.63) is 29.8 Å². The summed E-state index contributed by atoms with van der Waals surface area (Å²) in [5.74, 6) is 0.466. The average molecular weight is 330 g/mol. The molecule has 1 aromatic carbocycles. The second kappa shape index (κ2) is 8.08. The van der Waals surface area contributed by atoms with E-state index >= 15 is 0 Å². The summed E-state index contributed by atoms with van der Waals surface area (Å²) in [7, 11) is 0. The topological polar surface area (TPSA) is 66.5 Å². The number of ketones is 1. The lowest BCUT2D eigenvalue weighted by atomic mass is 9.95. The predicted molar refractivity (Wildman–Crippen MR) is 93.8 cm³/mol. The summed E-state index contributed by atoms with van der Waals surface area (Å²) in [6, 6.07) is 6.92. The molecule has 1 aromatic rings. The molecule has 0 saturated carbocycles. The molecule has 1 heterocycles. The molecular weight excluding hydrogens is 304 g/mol. The smallest absolute Gasteiger partial charge is 0.227 e. The first-order chi connectivity index (χ1) is 11.4. The fourth-order valence-electron chi connectivity index (χ4n) is 2.90. The molecule has 1 aliphatic rings. The van der Waals surface area contributed by atoms with Crippen LogP contribution in [0.15, 0.2) is 24.3 Å². The van der Waals surface area contributed by atoms with Gasteiger partial charge in [0.2, 0.25) is 11.8 Å². The van der Waals surface area contributed by atoms with E-state index in [4.69, 9.17) is 0 Å². The van der Waals surface area contributed by atoms with Gasteiger partial charge in [0.15, 0.2) is 5.78 Å². The van der Waals surface area contributed by atoms with Gasteiger partial charge in [0.05, 0.1) is 0 Å². The van der Waals surface area contributed by atoms with Gasteiger partial charge in [-0.1, -0.05) is 13.8 Å². The average Bonchev–Trinajstić information content (AvgIpc) is 2.54. The molecule has 0 atom stereocenters. The van der Waals surface area contributed by atoms with Crippen molar-refractivity contribution in [3.63, 3.8) is 0 Å². The van der Waals surface area contributed by atoms with Gasteiger partial charge >= 0.3 is 0 Å². The lowest BCUT2D eigenvalue weighted by molar-refractivity contribution is -0.135. The number of amides is 2. The van der Waals surface area contributed by atoms with Crippen molar-refractivity contribution in [2.24, 2.45) is 11.8 Å². The minimum absolute atomic E-state index is 0.00585. The Morgan fingerprint density at radius 2 is 1.71 bits per heavy atom. The summed E-state index contributed by atoms with van der Waals surface area (Å²) in [5, 5.41) is 2.90. The second-order valence-corrected chi connectivity index (χ2v) is 6.88. The lowest BCUT2D eigenvalue weighted by Crippen LogP contribution is -2.41. The van der Waals surface area contributed by atoms with E-state index in [9.17, 15) is 14.4 Å². The zero-order valence-corrected chi connectivity index (χ0v) is 14.7. The normalized spacial score (nSPS) is 15.4. The summed E-state index contributed by atoms with van der Waals surface area (Å²) in [6.07, 6.45) is 1.96. The Labute approximate surface area is 143 Å². The monoisotopic (exact) mass is 330 g/mol. The first-order valence-electron chi connectivity index (χ1n) is 8.56. The Morgan fingerprint density at radius 1 is 1.12 bits per heavy atom. The standard InChI is InChI=1S/C19H26N2O3/c1-13(2)12-18(23)21-10-8-16(9-11-21)19(24)20-17-6-4-15(5-7-17)14(3)22/h4-7,13,16H,8-12H2,1-3H3,(H,20,24). The second-order valence-electron chi connectivity index (χ2n) is 6.88. The molecule has 2 rings (SSSR count). The molecule has 0 unspecified atom stereocenters. The quantitative estimate of drug-likeness (QED) is 0.844. The molecule has 1 saturated heterocycles. The van der Waals surface area contributed by atoms with Crippen LogP contribution >= 0.6 is 0 Å². The van der Waals surface area contributed by atoms with Crippen LogP contribution in [-0.4, -0.2) is 35.6 Å². The molecule has 0 aliphatic carbocycles. The summed E-state index contributed by atoms with van der Waals surface area (Å²) in [5.41, 5.74) is 1.33. The van der Waals surface area contributed by atoms with E-state index in [1.165, 1.54) is 6.92 Å². The highest BCUT2D eigenvalue weighted by Crippen LogP contribution is 2.21. The third-order valence-corrected chi connectivity index (χ3v) is 4.36. The number of anilines is 1. The number of nitrogens with one attached hydrogen (secondary N) is 1. The van der Waals surface area contributed by atoms with Gasteiger partial charge in [-0.25, -0.2) is 0 Å². The lowest BCUT2D eigenvalue weighted by Gasteiger charge is -2.31. The van der Waals surface area contributed by atoms with E-state index in [-0.39, 0.29) is 23.5 Å². The van der Waals surface area contributed by atoms with Gasteiger partial charge in [0, 0.05) is 36.7 Å². The predicted octanol–water partition coefficient (Wildman–Crippen LogP) is 3.11. The number of carbonyl (C=O) groups excluding carboxylic acids is 3. The number of carbonyl (C=O) groups is 3. The van der Waals surface area contributed by atoms with Gasteiger partial charge in [-0.2, -0.15) is 0 Å². The largest absolute Gasteiger partial charge is 0.343 e. The minimum Gasteiger partial charge on any atom is -0.343 e. The van der Waals surface area contributed by atoms with E-state index in [2.05, 4.69) is 5.32 Å². The summed E-state index contributed by atoms with van der Waals surface area (Å²) < 4.78 is 0. The number of hydrogen-bond donors (Lipinski definition) is 1. The van der Waals surface area contributed by atoms with Crippen LogP contribution in [0.3, 0.4) is 0 Å². The molecule has 0 aromatic heterocycles. The van der Waals surface area contributed by atoms with Crippen molar-refractivity contribution < 1.29 is 14.4 Å². The fraction of sp³-hybridized carbons (Fsp3) is 0.526. The molecule has 1 fully saturated rings. The molecule has 0 bridgehead atoms. The number of nitrogens with zero attached hydrogens (tertiary/aromatic N) is 1. The number of Topliss-reactive ketones (excluding diaryl/α,β-unsaturated/α-hetero) is 1. The zero-order valence-electron chi connectivity index (χ0n) is 14.7. The van der Waals surface area contributed by atoms with Crippen molar-refractivity contribution in [1.82, 2.24) is 4.90 Å². The van der Waals surface area contributed by atoms with Crippen LogP contribution in [0.5, 0.6) is 0 Å². The number of benzene rings is 1. The van der Waals surface area contributed by atoms with Crippen LogP contribution in [0.4, 0.5) is 5.69 Å². The molecule has 24 heavy (non-hydrogen) atoms. The van der Waals surface area contributed by atoms with Crippen LogP contribution in [0.25, 0.3) is 0 Å². The Hall–Kier alpha value is -2.17.